The normalized spacial score (nSPS) is 15.0. The van der Waals surface area contributed by atoms with Gasteiger partial charge >= 0.3 is 0 Å². The van der Waals surface area contributed by atoms with Gasteiger partial charge < -0.3 is 4.74 Å². The Morgan fingerprint density at radius 1 is 0.917 bits per heavy atom. The Morgan fingerprint density at radius 2 is 1.25 bits per heavy atom. The standard InChI is InChI=1S/C10H22O.K/c1-5-7-9(3)11-10(4)8-6-2;/h9-10H,5-8H2,1-4H3;. The summed E-state index contributed by atoms with van der Waals surface area (Å²) in [6.45, 7) is 8.72. The Kier molecular flexibility index (Phi) is 14.3. The fraction of sp³-hybridized carbons (Fsp3) is 1.00. The molecule has 0 fully saturated rings. The van der Waals surface area contributed by atoms with Gasteiger partial charge in [0.1, 0.15) is 0 Å². The first-order chi connectivity index (χ1) is 5.20. The minimum Gasteiger partial charge on any atom is -0.376 e. The maximum absolute atomic E-state index is 5.73. The molecular weight excluding hydrogens is 175 g/mol. The van der Waals surface area contributed by atoms with E-state index in [9.17, 15) is 0 Å². The third-order valence-electron chi connectivity index (χ3n) is 1.86. The zero-order chi connectivity index (χ0) is 8.69. The molecule has 0 aromatic carbocycles. The summed E-state index contributed by atoms with van der Waals surface area (Å²) in [5.74, 6) is 0. The second-order valence-corrected chi connectivity index (χ2v) is 3.33. The Balaban J connectivity index is 0. The van der Waals surface area contributed by atoms with E-state index in [2.05, 4.69) is 27.7 Å². The van der Waals surface area contributed by atoms with E-state index in [0.29, 0.717) is 12.2 Å². The summed E-state index contributed by atoms with van der Waals surface area (Å²) in [4.78, 5) is 0. The van der Waals surface area contributed by atoms with E-state index in [1.54, 1.807) is 0 Å². The van der Waals surface area contributed by atoms with Gasteiger partial charge in [-0.25, -0.2) is 0 Å². The Morgan fingerprint density at radius 3 is 1.50 bits per heavy atom. The largest absolute Gasteiger partial charge is 0.376 e. The molecule has 0 N–H and O–H groups in total. The van der Waals surface area contributed by atoms with E-state index in [-0.39, 0.29) is 51.4 Å². The molecule has 0 aliphatic heterocycles. The average molecular weight is 197 g/mol. The van der Waals surface area contributed by atoms with E-state index in [4.69, 9.17) is 4.74 Å². The van der Waals surface area contributed by atoms with Gasteiger partial charge in [-0.3, -0.25) is 0 Å². The first-order valence-corrected chi connectivity index (χ1v) is 4.86. The Bertz CT molecular complexity index is 75.9. The monoisotopic (exact) mass is 197 g/mol. The van der Waals surface area contributed by atoms with E-state index < -0.39 is 0 Å². The number of hydrogen-bond acceptors (Lipinski definition) is 1. The molecular formula is C10H22KO. The molecule has 2 heteroatoms. The topological polar surface area (TPSA) is 9.23 Å². The van der Waals surface area contributed by atoms with Gasteiger partial charge in [0, 0.05) is 51.4 Å². The fourth-order valence-corrected chi connectivity index (χ4v) is 1.35. The van der Waals surface area contributed by atoms with Crippen LogP contribution in [0, 0.1) is 0 Å². The van der Waals surface area contributed by atoms with Gasteiger partial charge in [0.2, 0.25) is 0 Å². The van der Waals surface area contributed by atoms with E-state index >= 15 is 0 Å². The van der Waals surface area contributed by atoms with Gasteiger partial charge in [-0.15, -0.1) is 0 Å². The third kappa shape index (κ3) is 9.68. The van der Waals surface area contributed by atoms with E-state index in [0.717, 1.165) is 0 Å². The molecule has 0 spiro atoms. The van der Waals surface area contributed by atoms with Crippen LogP contribution in [0.25, 0.3) is 0 Å². The van der Waals surface area contributed by atoms with Crippen molar-refractivity contribution < 1.29 is 4.74 Å². The molecule has 0 bridgehead atoms. The van der Waals surface area contributed by atoms with Crippen LogP contribution in [0.4, 0.5) is 0 Å². The summed E-state index contributed by atoms with van der Waals surface area (Å²) >= 11 is 0. The maximum Gasteiger partial charge on any atom is 0.0550 e. The predicted octanol–water partition coefficient (Wildman–Crippen LogP) is 3.00. The van der Waals surface area contributed by atoms with Crippen LogP contribution in [0.5, 0.6) is 0 Å². The van der Waals surface area contributed by atoms with Crippen molar-refractivity contribution >= 4 is 51.4 Å². The van der Waals surface area contributed by atoms with Crippen LogP contribution in [0.1, 0.15) is 53.4 Å². The molecule has 0 aromatic heterocycles. The van der Waals surface area contributed by atoms with Crippen molar-refractivity contribution in [3.05, 3.63) is 0 Å². The fourth-order valence-electron chi connectivity index (χ4n) is 1.35. The van der Waals surface area contributed by atoms with Crippen molar-refractivity contribution in [1.29, 1.82) is 0 Å². The molecule has 0 aliphatic rings. The van der Waals surface area contributed by atoms with Crippen molar-refractivity contribution in [2.75, 3.05) is 0 Å². The zero-order valence-electron chi connectivity index (χ0n) is 9.39. The first-order valence-electron chi connectivity index (χ1n) is 4.86. The van der Waals surface area contributed by atoms with Crippen LogP contribution in [0.3, 0.4) is 0 Å². The molecule has 1 nitrogen and oxygen atoms in total. The van der Waals surface area contributed by atoms with Crippen molar-refractivity contribution in [2.45, 2.75) is 65.6 Å². The van der Waals surface area contributed by atoms with Crippen LogP contribution in [-0.2, 0) is 4.74 Å². The summed E-state index contributed by atoms with van der Waals surface area (Å²) in [6.07, 6.45) is 5.71. The second kappa shape index (κ2) is 10.7. The minimum absolute atomic E-state index is 0. The van der Waals surface area contributed by atoms with Crippen LogP contribution < -0.4 is 0 Å². The molecule has 12 heavy (non-hydrogen) atoms. The molecule has 0 aliphatic carbocycles. The zero-order valence-corrected chi connectivity index (χ0v) is 12.5. The van der Waals surface area contributed by atoms with Crippen LogP contribution in [0.15, 0.2) is 0 Å². The van der Waals surface area contributed by atoms with Gasteiger partial charge in [0.25, 0.3) is 0 Å². The van der Waals surface area contributed by atoms with E-state index in [1.807, 2.05) is 0 Å². The molecule has 0 amide bonds. The molecule has 0 rings (SSSR count). The predicted molar refractivity (Wildman–Crippen MR) is 55.6 cm³/mol. The van der Waals surface area contributed by atoms with Crippen molar-refractivity contribution in [3.63, 3.8) is 0 Å². The van der Waals surface area contributed by atoms with Crippen molar-refractivity contribution in [2.24, 2.45) is 0 Å². The summed E-state index contributed by atoms with van der Waals surface area (Å²) in [5.41, 5.74) is 0. The van der Waals surface area contributed by atoms with Gasteiger partial charge in [-0.2, -0.15) is 0 Å². The maximum atomic E-state index is 5.73. The summed E-state index contributed by atoms with van der Waals surface area (Å²) < 4.78 is 5.73. The number of rotatable bonds is 6. The van der Waals surface area contributed by atoms with Crippen LogP contribution >= 0.6 is 0 Å². The summed E-state index contributed by atoms with van der Waals surface area (Å²) in [7, 11) is 0. The molecule has 69 valence electrons. The Labute approximate surface area is 120 Å². The van der Waals surface area contributed by atoms with Gasteiger partial charge in [0.15, 0.2) is 0 Å². The average Bonchev–Trinajstić information content (AvgIpc) is 1.87. The molecule has 0 aromatic rings. The molecule has 0 saturated carbocycles. The Hall–Kier alpha value is 1.60. The number of hydrogen-bond donors (Lipinski definition) is 0. The van der Waals surface area contributed by atoms with E-state index in [1.165, 1.54) is 25.7 Å². The van der Waals surface area contributed by atoms with Gasteiger partial charge in [-0.05, 0) is 26.7 Å². The molecule has 0 heterocycles. The molecule has 2 atom stereocenters. The smallest absolute Gasteiger partial charge is 0.0550 e. The van der Waals surface area contributed by atoms with Gasteiger partial charge in [-0.1, -0.05) is 26.7 Å². The molecule has 2 unspecified atom stereocenters. The molecule has 0 saturated heterocycles. The van der Waals surface area contributed by atoms with Crippen LogP contribution in [0.2, 0.25) is 0 Å². The first kappa shape index (κ1) is 16.0. The second-order valence-electron chi connectivity index (χ2n) is 3.33. The quantitative estimate of drug-likeness (QED) is 0.595. The summed E-state index contributed by atoms with van der Waals surface area (Å²) in [6, 6.07) is 0. The molecule has 1 radical (unpaired) electrons. The van der Waals surface area contributed by atoms with Crippen molar-refractivity contribution in [3.8, 4) is 0 Å². The van der Waals surface area contributed by atoms with Gasteiger partial charge in [0.05, 0.1) is 12.2 Å². The van der Waals surface area contributed by atoms with Crippen LogP contribution in [-0.4, -0.2) is 63.6 Å². The summed E-state index contributed by atoms with van der Waals surface area (Å²) in [5, 5.41) is 0. The number of ether oxygens (including phenoxy) is 1. The SMILES string of the molecule is CCCC(C)OC(C)CCC.[K]. The third-order valence-corrected chi connectivity index (χ3v) is 1.86. The van der Waals surface area contributed by atoms with Crippen molar-refractivity contribution in [1.82, 2.24) is 0 Å². The minimum atomic E-state index is 0.